The fraction of sp³-hybridized carbons (Fsp3) is 0.641. The van der Waals surface area contributed by atoms with Gasteiger partial charge in [-0.3, -0.25) is 39.1 Å². The molecule has 1 aliphatic carbocycles. The number of hydroxylamine groups is 1. The lowest BCUT2D eigenvalue weighted by Gasteiger charge is -2.36. The number of ketones is 1. The highest BCUT2D eigenvalue weighted by Gasteiger charge is 2.54. The number of carbonyl (C=O) groups excluding carboxylic acids is 6. The van der Waals surface area contributed by atoms with Gasteiger partial charge in [0.05, 0.1) is 18.3 Å². The Labute approximate surface area is 317 Å². The van der Waals surface area contributed by atoms with Crippen LogP contribution in [0.2, 0.25) is 5.02 Å². The van der Waals surface area contributed by atoms with Gasteiger partial charge < -0.3 is 25.8 Å². The molecule has 1 aromatic rings. The zero-order valence-corrected chi connectivity index (χ0v) is 32.4. The summed E-state index contributed by atoms with van der Waals surface area (Å²) in [5, 5.41) is 9.17. The van der Waals surface area contributed by atoms with Gasteiger partial charge in [0, 0.05) is 49.5 Å². The Bertz CT molecular complexity index is 1600. The largest absolute Gasteiger partial charge is 0.352 e. The first-order valence-electron chi connectivity index (χ1n) is 19.0. The fourth-order valence-corrected chi connectivity index (χ4v) is 8.18. The van der Waals surface area contributed by atoms with E-state index in [1.807, 2.05) is 45.9 Å². The zero-order valence-electron chi connectivity index (χ0n) is 31.6. The monoisotopic (exact) mass is 754 g/mol. The van der Waals surface area contributed by atoms with Gasteiger partial charge in [0.2, 0.25) is 29.4 Å². The third-order valence-electron chi connectivity index (χ3n) is 10.8. The lowest BCUT2D eigenvalue weighted by Crippen LogP contribution is -2.59. The number of likely N-dealkylation sites (tertiary alicyclic amines) is 2. The number of halogens is 1. The van der Waals surface area contributed by atoms with Gasteiger partial charge in [-0.25, -0.2) is 0 Å². The van der Waals surface area contributed by atoms with Crippen molar-refractivity contribution in [2.45, 2.75) is 129 Å². The summed E-state index contributed by atoms with van der Waals surface area (Å²) in [6.07, 6.45) is 8.80. The van der Waals surface area contributed by atoms with Gasteiger partial charge in [0.1, 0.15) is 17.7 Å². The number of benzene rings is 1. The summed E-state index contributed by atoms with van der Waals surface area (Å²) in [5.74, 6) is -2.65. The van der Waals surface area contributed by atoms with Crippen LogP contribution in [0.5, 0.6) is 0 Å². The van der Waals surface area contributed by atoms with Gasteiger partial charge in [-0.05, 0) is 55.2 Å². The van der Waals surface area contributed by atoms with Gasteiger partial charge in [-0.15, -0.1) is 0 Å². The number of hydrogen-bond acceptors (Lipinski definition) is 8. The van der Waals surface area contributed by atoms with Crippen LogP contribution in [0, 0.1) is 11.3 Å². The zero-order chi connectivity index (χ0) is 38.5. The number of Topliss-reactive ketones (excluding diaryl/α,β-unsaturated/α-hetero) is 1. The summed E-state index contributed by atoms with van der Waals surface area (Å²) in [7, 11) is 0. The van der Waals surface area contributed by atoms with Crippen molar-refractivity contribution in [3.63, 3.8) is 0 Å². The molecule has 14 heteroatoms. The molecule has 3 aliphatic heterocycles. The van der Waals surface area contributed by atoms with E-state index in [4.69, 9.17) is 16.4 Å². The molecule has 13 nitrogen and oxygen atoms in total. The molecule has 3 fully saturated rings. The number of hydrogen-bond donors (Lipinski definition) is 4. The Morgan fingerprint density at radius 2 is 1.79 bits per heavy atom. The van der Waals surface area contributed by atoms with Crippen molar-refractivity contribution >= 4 is 52.6 Å². The Kier molecular flexibility index (Phi) is 12.9. The van der Waals surface area contributed by atoms with Gasteiger partial charge in [-0.1, -0.05) is 77.1 Å². The fourth-order valence-electron chi connectivity index (χ4n) is 7.99. The molecular weight excluding hydrogens is 700 g/mol. The second kappa shape index (κ2) is 17.0. The van der Waals surface area contributed by atoms with E-state index in [1.54, 1.807) is 12.1 Å². The first-order chi connectivity index (χ1) is 25.1. The van der Waals surface area contributed by atoms with E-state index in [-0.39, 0.29) is 49.7 Å². The second-order valence-electron chi connectivity index (χ2n) is 16.2. The van der Waals surface area contributed by atoms with Crippen molar-refractivity contribution in [1.82, 2.24) is 31.2 Å². The molecule has 3 heterocycles. The van der Waals surface area contributed by atoms with E-state index >= 15 is 0 Å². The van der Waals surface area contributed by atoms with Gasteiger partial charge >= 0.3 is 0 Å². The molecule has 2 saturated heterocycles. The molecule has 5 amide bonds. The predicted octanol–water partition coefficient (Wildman–Crippen LogP) is 3.65. The molecule has 1 aromatic carbocycles. The van der Waals surface area contributed by atoms with E-state index in [2.05, 4.69) is 21.4 Å². The van der Waals surface area contributed by atoms with E-state index in [9.17, 15) is 28.8 Å². The van der Waals surface area contributed by atoms with E-state index in [0.717, 1.165) is 31.2 Å². The number of rotatable bonds is 12. The van der Waals surface area contributed by atoms with Crippen molar-refractivity contribution in [3.05, 3.63) is 40.9 Å². The Balaban J connectivity index is 1.39. The molecule has 0 aromatic heterocycles. The average molecular weight is 755 g/mol. The summed E-state index contributed by atoms with van der Waals surface area (Å²) in [6.45, 7) is 9.38. The highest BCUT2D eigenvalue weighted by atomic mass is 35.5. The van der Waals surface area contributed by atoms with Gasteiger partial charge in [-0.2, -0.15) is 0 Å². The maximum Gasteiger partial charge on any atom is 0.292 e. The number of amides is 5. The lowest BCUT2D eigenvalue weighted by molar-refractivity contribution is -0.147. The van der Waals surface area contributed by atoms with E-state index < -0.39 is 52.6 Å². The van der Waals surface area contributed by atoms with Crippen LogP contribution >= 0.6 is 11.6 Å². The molecule has 0 unspecified atom stereocenters. The molecule has 290 valence electrons. The molecule has 5 rings (SSSR count). The quantitative estimate of drug-likeness (QED) is 0.235. The summed E-state index contributed by atoms with van der Waals surface area (Å²) >= 11 is 6.27. The molecule has 53 heavy (non-hydrogen) atoms. The van der Waals surface area contributed by atoms with Crippen molar-refractivity contribution in [2.75, 3.05) is 19.6 Å². The first kappa shape index (κ1) is 40.2. The summed E-state index contributed by atoms with van der Waals surface area (Å²) in [5.41, 5.74) is 2.53. The SMILES string of the molecule is CCC[C@H](NC(=O)[C@@H]1C[C@]2(C=C(c3cccc(Cl)c3)NO2)CN1C(=O)[C@@H](NC(=O)CC1CCCCC1)C(C)(C)C)C(=O)C(=O)N1CC[C@@H](NC(C)=O)C1. The van der Waals surface area contributed by atoms with Crippen LogP contribution in [0.4, 0.5) is 0 Å². The van der Waals surface area contributed by atoms with E-state index in [1.165, 1.54) is 23.1 Å². The van der Waals surface area contributed by atoms with Crippen molar-refractivity contribution in [2.24, 2.45) is 11.3 Å². The molecular formula is C39H55ClN6O7. The Morgan fingerprint density at radius 1 is 1.06 bits per heavy atom. The maximum absolute atomic E-state index is 14.7. The van der Waals surface area contributed by atoms with E-state index in [0.29, 0.717) is 36.5 Å². The molecule has 1 spiro atoms. The number of carbonyl (C=O) groups is 6. The molecule has 1 saturated carbocycles. The first-order valence-corrected chi connectivity index (χ1v) is 19.4. The molecule has 0 radical (unpaired) electrons. The number of nitrogens with zero attached hydrogens (tertiary/aromatic N) is 2. The third-order valence-corrected chi connectivity index (χ3v) is 11.0. The van der Waals surface area contributed by atoms with Crippen LogP contribution in [0.25, 0.3) is 5.70 Å². The highest BCUT2D eigenvalue weighted by molar-refractivity contribution is 6.38. The minimum Gasteiger partial charge on any atom is -0.352 e. The van der Waals surface area contributed by atoms with Crippen molar-refractivity contribution in [3.8, 4) is 0 Å². The third kappa shape index (κ3) is 9.97. The smallest absolute Gasteiger partial charge is 0.292 e. The molecule has 5 atom stereocenters. The lowest BCUT2D eigenvalue weighted by atomic mass is 9.84. The normalized spacial score (nSPS) is 24.3. The van der Waals surface area contributed by atoms with Gasteiger partial charge in [0.25, 0.3) is 5.91 Å². The highest BCUT2D eigenvalue weighted by Crippen LogP contribution is 2.39. The Hall–Kier alpha value is -3.97. The van der Waals surface area contributed by atoms with Crippen LogP contribution in [-0.4, -0.2) is 94.5 Å². The number of nitrogens with one attached hydrogen (secondary N) is 4. The van der Waals surface area contributed by atoms with Crippen LogP contribution in [0.1, 0.15) is 104 Å². The van der Waals surface area contributed by atoms with Crippen LogP contribution < -0.4 is 21.4 Å². The van der Waals surface area contributed by atoms with Crippen LogP contribution in [0.15, 0.2) is 30.3 Å². The average Bonchev–Trinajstić information content (AvgIpc) is 3.85. The van der Waals surface area contributed by atoms with Crippen molar-refractivity contribution in [1.29, 1.82) is 0 Å². The molecule has 4 aliphatic rings. The minimum atomic E-state index is -1.12. The Morgan fingerprint density at radius 3 is 2.45 bits per heavy atom. The topological polar surface area (TPSA) is 166 Å². The summed E-state index contributed by atoms with van der Waals surface area (Å²) < 4.78 is 0. The molecule has 4 N–H and O–H groups in total. The van der Waals surface area contributed by atoms with Gasteiger partial charge in [0.15, 0.2) is 0 Å². The summed E-state index contributed by atoms with van der Waals surface area (Å²) in [6, 6.07) is 3.80. The standard InChI is InChI=1S/C39H55ClN6O7/c1-6-11-29(33(49)36(51)45-17-16-28(22-45)41-24(2)47)42-35(50)31-21-39(20-30(44-53-39)26-14-10-15-27(40)19-26)23-46(31)37(52)34(38(3,4)5)43-32(48)18-25-12-8-7-9-13-25/h10,14-15,19-20,25,28-29,31,34,44H,6-9,11-13,16-18,21-23H2,1-5H3,(H,41,47)(H,42,50)(H,43,48)/t28-,29+,31+,34-,39-/m1/s1. The van der Waals surface area contributed by atoms with Crippen molar-refractivity contribution < 1.29 is 33.6 Å². The predicted molar refractivity (Wildman–Crippen MR) is 200 cm³/mol. The summed E-state index contributed by atoms with van der Waals surface area (Å²) in [4.78, 5) is 90.0. The van der Waals surface area contributed by atoms with Crippen LogP contribution in [-0.2, 0) is 33.6 Å². The second-order valence-corrected chi connectivity index (χ2v) is 16.7. The maximum atomic E-state index is 14.7. The minimum absolute atomic E-state index is 0.00427. The molecule has 0 bridgehead atoms. The van der Waals surface area contributed by atoms with Crippen LogP contribution in [0.3, 0.4) is 0 Å².